The fourth-order valence-corrected chi connectivity index (χ4v) is 0.775. The molecule has 7 heteroatoms. The Hall–Kier alpha value is 2.11. The average molecular weight is 184 g/mol. The van der Waals surface area contributed by atoms with Crippen molar-refractivity contribution in [3.63, 3.8) is 0 Å². The molecule has 0 heterocycles. The molecule has 0 aromatic heterocycles. The number of rotatable bonds is 2. The van der Waals surface area contributed by atoms with Crippen molar-refractivity contribution in [3.05, 3.63) is 0 Å². The molecule has 0 aliphatic carbocycles. The molecule has 0 aromatic carbocycles. The summed E-state index contributed by atoms with van der Waals surface area (Å²) in [7, 11) is -4.72. The summed E-state index contributed by atoms with van der Waals surface area (Å²) in [6, 6.07) is 0. The van der Waals surface area contributed by atoms with E-state index in [1.165, 1.54) is 13.8 Å². The molecule has 0 atom stereocenters. The Kier molecular flexibility index (Phi) is 13.9. The smallest absolute Gasteiger partial charge is 0.790 e. The Balaban J connectivity index is -0.000000245. The molecule has 0 radical (unpaired) electrons. The van der Waals surface area contributed by atoms with E-state index in [9.17, 15) is 14.4 Å². The van der Waals surface area contributed by atoms with Crippen molar-refractivity contribution in [3.8, 4) is 0 Å². The van der Waals surface area contributed by atoms with Crippen LogP contribution in [0.25, 0.3) is 0 Å². The zero-order valence-corrected chi connectivity index (χ0v) is 11.6. The zero-order valence-electron chi connectivity index (χ0n) is 6.66. The molecule has 0 aliphatic heterocycles. The van der Waals surface area contributed by atoms with Gasteiger partial charge in [0.15, 0.2) is 0 Å². The van der Waals surface area contributed by atoms with E-state index in [0.29, 0.717) is 0 Å². The Morgan fingerprint density at radius 3 is 1.60 bits per heavy atom. The van der Waals surface area contributed by atoms with Crippen LogP contribution in [-0.2, 0) is 9.09 Å². The van der Waals surface area contributed by atoms with Gasteiger partial charge in [0.25, 0.3) is 0 Å². The SMILES string of the molecule is CC(C)OP(=O)([O-])[O-].[Na+].[Na+]. The van der Waals surface area contributed by atoms with Gasteiger partial charge < -0.3 is 18.9 Å². The van der Waals surface area contributed by atoms with E-state index in [2.05, 4.69) is 4.52 Å². The summed E-state index contributed by atoms with van der Waals surface area (Å²) < 4.78 is 13.6. The van der Waals surface area contributed by atoms with Crippen LogP contribution < -0.4 is 68.9 Å². The first-order valence-electron chi connectivity index (χ1n) is 2.12. The normalized spacial score (nSPS) is 10.1. The molecule has 0 rings (SSSR count). The Labute approximate surface area is 105 Å². The van der Waals surface area contributed by atoms with E-state index in [-0.39, 0.29) is 59.1 Å². The van der Waals surface area contributed by atoms with Gasteiger partial charge in [-0.05, 0) is 13.8 Å². The molecule has 0 saturated heterocycles. The summed E-state index contributed by atoms with van der Waals surface area (Å²) in [5, 5.41) is 0. The van der Waals surface area contributed by atoms with E-state index in [1.54, 1.807) is 0 Å². The maximum Gasteiger partial charge on any atom is 1.00 e. The molecular formula is C3H7Na2O4P. The van der Waals surface area contributed by atoms with Gasteiger partial charge in [0, 0.05) is 0 Å². The summed E-state index contributed by atoms with van der Waals surface area (Å²) in [6.45, 7) is 2.95. The molecule has 0 unspecified atom stereocenters. The van der Waals surface area contributed by atoms with Crippen molar-refractivity contribution in [2.24, 2.45) is 0 Å². The van der Waals surface area contributed by atoms with Crippen molar-refractivity contribution < 1.29 is 78.0 Å². The number of phosphoric acid groups is 1. The quantitative estimate of drug-likeness (QED) is 0.316. The average Bonchev–Trinajstić information content (AvgIpc) is 1.21. The largest absolute Gasteiger partial charge is 1.00 e. The molecular weight excluding hydrogens is 177 g/mol. The minimum absolute atomic E-state index is 0. The second kappa shape index (κ2) is 7.74. The monoisotopic (exact) mass is 184 g/mol. The van der Waals surface area contributed by atoms with E-state index in [4.69, 9.17) is 0 Å². The first-order chi connectivity index (χ1) is 3.42. The van der Waals surface area contributed by atoms with Gasteiger partial charge >= 0.3 is 59.1 Å². The minimum atomic E-state index is -4.72. The van der Waals surface area contributed by atoms with Crippen molar-refractivity contribution in [1.82, 2.24) is 0 Å². The van der Waals surface area contributed by atoms with Crippen LogP contribution in [0.15, 0.2) is 0 Å². The second-order valence-corrected chi connectivity index (χ2v) is 2.71. The predicted octanol–water partition coefficient (Wildman–Crippen LogP) is -6.75. The molecule has 0 aromatic rings. The van der Waals surface area contributed by atoms with Gasteiger partial charge in [-0.25, -0.2) is 0 Å². The fourth-order valence-electron chi connectivity index (χ4n) is 0.258. The molecule has 4 nitrogen and oxygen atoms in total. The van der Waals surface area contributed by atoms with Crippen molar-refractivity contribution in [2.75, 3.05) is 0 Å². The van der Waals surface area contributed by atoms with Gasteiger partial charge in [0.2, 0.25) is 0 Å². The van der Waals surface area contributed by atoms with Crippen LogP contribution >= 0.6 is 7.82 Å². The summed E-state index contributed by atoms with van der Waals surface area (Å²) in [5.41, 5.74) is 0. The van der Waals surface area contributed by atoms with Gasteiger partial charge in [0.1, 0.15) is 0 Å². The molecule has 0 spiro atoms. The Morgan fingerprint density at radius 1 is 1.30 bits per heavy atom. The van der Waals surface area contributed by atoms with Crippen molar-refractivity contribution in [2.45, 2.75) is 20.0 Å². The summed E-state index contributed by atoms with van der Waals surface area (Å²) in [6.07, 6.45) is -0.546. The zero-order chi connectivity index (χ0) is 6.78. The van der Waals surface area contributed by atoms with Crippen LogP contribution in [0.3, 0.4) is 0 Å². The van der Waals surface area contributed by atoms with Gasteiger partial charge in [-0.2, -0.15) is 0 Å². The Bertz CT molecular complexity index is 111. The van der Waals surface area contributed by atoms with E-state index >= 15 is 0 Å². The second-order valence-electron chi connectivity index (χ2n) is 1.60. The first kappa shape index (κ1) is 18.0. The molecule has 0 bridgehead atoms. The molecule has 10 heavy (non-hydrogen) atoms. The van der Waals surface area contributed by atoms with Crippen molar-refractivity contribution in [1.29, 1.82) is 0 Å². The van der Waals surface area contributed by atoms with Crippen LogP contribution in [0.4, 0.5) is 0 Å². The van der Waals surface area contributed by atoms with Crippen LogP contribution in [-0.4, -0.2) is 6.10 Å². The molecule has 0 saturated carbocycles. The van der Waals surface area contributed by atoms with E-state index < -0.39 is 13.9 Å². The van der Waals surface area contributed by atoms with Crippen LogP contribution in [0.1, 0.15) is 13.8 Å². The molecule has 0 N–H and O–H groups in total. The Morgan fingerprint density at radius 2 is 1.60 bits per heavy atom. The third-order valence-electron chi connectivity index (χ3n) is 0.340. The maximum absolute atomic E-state index is 9.69. The minimum Gasteiger partial charge on any atom is -0.790 e. The summed E-state index contributed by atoms with van der Waals surface area (Å²) in [4.78, 5) is 19.4. The summed E-state index contributed by atoms with van der Waals surface area (Å²) in [5.74, 6) is 0. The fraction of sp³-hybridized carbons (Fsp3) is 1.00. The van der Waals surface area contributed by atoms with Gasteiger partial charge in [-0.15, -0.1) is 0 Å². The number of phosphoric ester groups is 1. The van der Waals surface area contributed by atoms with E-state index in [0.717, 1.165) is 0 Å². The first-order valence-corrected chi connectivity index (χ1v) is 3.58. The van der Waals surface area contributed by atoms with E-state index in [1.807, 2.05) is 0 Å². The molecule has 0 aliphatic rings. The van der Waals surface area contributed by atoms with Gasteiger partial charge in [0.05, 0.1) is 13.9 Å². The maximum atomic E-state index is 9.69. The summed E-state index contributed by atoms with van der Waals surface area (Å²) >= 11 is 0. The van der Waals surface area contributed by atoms with Crippen molar-refractivity contribution >= 4 is 7.82 Å². The van der Waals surface area contributed by atoms with Gasteiger partial charge in [-0.3, -0.25) is 0 Å². The predicted molar refractivity (Wildman–Crippen MR) is 23.8 cm³/mol. The molecule has 50 valence electrons. The molecule has 0 amide bonds. The van der Waals surface area contributed by atoms with Crippen LogP contribution in [0.2, 0.25) is 0 Å². The standard InChI is InChI=1S/C3H9O4P.2Na/c1-3(2)7-8(4,5)6;;/h3H,1-2H3,(H2,4,5,6);;/q;2*+1/p-2. The third-order valence-corrected chi connectivity index (χ3v) is 1.02. The topological polar surface area (TPSA) is 72.4 Å². The number of hydrogen-bond acceptors (Lipinski definition) is 4. The van der Waals surface area contributed by atoms with Crippen LogP contribution in [0, 0.1) is 0 Å². The molecule has 0 fully saturated rings. The number of hydrogen-bond donors (Lipinski definition) is 0. The third kappa shape index (κ3) is 16.6. The van der Waals surface area contributed by atoms with Gasteiger partial charge in [-0.1, -0.05) is 0 Å². The van der Waals surface area contributed by atoms with Crippen LogP contribution in [0.5, 0.6) is 0 Å².